The Labute approximate surface area is 180 Å². The van der Waals surface area contributed by atoms with Crippen LogP contribution in [0.3, 0.4) is 0 Å². The topological polar surface area (TPSA) is 16.1 Å². The second-order valence-electron chi connectivity index (χ2n) is 6.84. The van der Waals surface area contributed by atoms with Crippen molar-refractivity contribution in [3.8, 4) is 22.4 Å². The van der Waals surface area contributed by atoms with E-state index in [-0.39, 0.29) is 17.0 Å². The number of hydrogen-bond acceptors (Lipinski definition) is 3. The number of halogens is 1. The first-order valence-corrected chi connectivity index (χ1v) is 10.2. The molecule has 0 spiro atoms. The third kappa shape index (κ3) is 3.62. The number of anilines is 2. The molecule has 2 heterocycles. The molecule has 140 valence electrons. The number of benzene rings is 3. The Kier molecular flexibility index (Phi) is 5.60. The number of aryl methyl sites for hydroxylation is 1. The van der Waals surface area contributed by atoms with Crippen molar-refractivity contribution in [2.24, 2.45) is 0 Å². The van der Waals surface area contributed by atoms with Gasteiger partial charge in [-0.1, -0.05) is 72.8 Å². The summed E-state index contributed by atoms with van der Waals surface area (Å²) in [5.41, 5.74) is 7.43. The molecule has 3 aromatic carbocycles. The molecule has 0 saturated heterocycles. The van der Waals surface area contributed by atoms with Gasteiger partial charge in [0.05, 0.1) is 5.69 Å². The summed E-state index contributed by atoms with van der Waals surface area (Å²) in [6.07, 6.45) is 2.34. The maximum absolute atomic E-state index is 4.95. The predicted octanol–water partition coefficient (Wildman–Crippen LogP) is 7.14. The van der Waals surface area contributed by atoms with Crippen LogP contribution in [0.2, 0.25) is 0 Å². The molecule has 0 unspecified atom stereocenters. The van der Waals surface area contributed by atoms with Gasteiger partial charge in [-0.3, -0.25) is 0 Å². The zero-order valence-corrected chi connectivity index (χ0v) is 17.9. The molecule has 0 bridgehead atoms. The highest BCUT2D eigenvalue weighted by molar-refractivity contribution is 8.93. The van der Waals surface area contributed by atoms with Crippen molar-refractivity contribution in [3.05, 3.63) is 89.8 Å². The molecular weight excluding hydrogens is 428 g/mol. The van der Waals surface area contributed by atoms with Crippen LogP contribution in [0, 0.1) is 0 Å². The molecule has 1 aromatic heterocycles. The molecule has 0 saturated carbocycles. The lowest BCUT2D eigenvalue weighted by atomic mass is 10.0. The van der Waals surface area contributed by atoms with E-state index in [0.29, 0.717) is 0 Å². The maximum Gasteiger partial charge on any atom is 0.190 e. The minimum Gasteiger partial charge on any atom is -0.318 e. The van der Waals surface area contributed by atoms with Crippen molar-refractivity contribution >= 4 is 39.1 Å². The molecule has 2 nitrogen and oxygen atoms in total. The molecule has 4 heteroatoms. The molecule has 0 radical (unpaired) electrons. The number of hydrogen-bond donors (Lipinski definition) is 0. The minimum absolute atomic E-state index is 0. The van der Waals surface area contributed by atoms with Crippen LogP contribution in [0.4, 0.5) is 10.8 Å². The van der Waals surface area contributed by atoms with Crippen LogP contribution in [0.25, 0.3) is 22.4 Å². The third-order valence-corrected chi connectivity index (χ3v) is 5.98. The Bertz CT molecular complexity index is 1060. The van der Waals surface area contributed by atoms with Crippen LogP contribution < -0.4 is 4.90 Å². The normalized spacial score (nSPS) is 12.9. The highest BCUT2D eigenvalue weighted by atomic mass is 79.9. The van der Waals surface area contributed by atoms with Gasteiger partial charge in [0.15, 0.2) is 5.13 Å². The largest absolute Gasteiger partial charge is 0.318 e. The van der Waals surface area contributed by atoms with Gasteiger partial charge in [0, 0.05) is 23.2 Å². The van der Waals surface area contributed by atoms with E-state index >= 15 is 0 Å². The van der Waals surface area contributed by atoms with Crippen molar-refractivity contribution < 1.29 is 0 Å². The first kappa shape index (κ1) is 18.9. The van der Waals surface area contributed by atoms with E-state index in [1.807, 2.05) is 6.07 Å². The molecule has 0 N–H and O–H groups in total. The average molecular weight is 449 g/mol. The van der Waals surface area contributed by atoms with Gasteiger partial charge in [0.2, 0.25) is 0 Å². The van der Waals surface area contributed by atoms with Crippen molar-refractivity contribution in [1.82, 2.24) is 4.98 Å². The first-order valence-electron chi connectivity index (χ1n) is 9.35. The van der Waals surface area contributed by atoms with Gasteiger partial charge in [0.25, 0.3) is 0 Å². The van der Waals surface area contributed by atoms with E-state index in [0.717, 1.165) is 23.8 Å². The van der Waals surface area contributed by atoms with Gasteiger partial charge in [-0.15, -0.1) is 28.3 Å². The molecule has 0 amide bonds. The number of rotatable bonds is 3. The Hall–Kier alpha value is -2.43. The minimum atomic E-state index is 0. The SMILES string of the molecule is Br.c1ccc(-c2ccc(-c3csc(N4CCCc5ccccc54)n3)cc2)cc1. The Morgan fingerprint density at radius 1 is 0.750 bits per heavy atom. The van der Waals surface area contributed by atoms with Crippen LogP contribution >= 0.6 is 28.3 Å². The molecule has 0 atom stereocenters. The first-order chi connectivity index (χ1) is 13.4. The fourth-order valence-electron chi connectivity index (χ4n) is 3.72. The summed E-state index contributed by atoms with van der Waals surface area (Å²) in [4.78, 5) is 7.32. The Balaban J connectivity index is 0.00000192. The average Bonchev–Trinajstić information content (AvgIpc) is 3.24. The molecule has 1 aliphatic rings. The summed E-state index contributed by atoms with van der Waals surface area (Å²) >= 11 is 1.73. The zero-order valence-electron chi connectivity index (χ0n) is 15.4. The highest BCUT2D eigenvalue weighted by Gasteiger charge is 2.20. The van der Waals surface area contributed by atoms with E-state index < -0.39 is 0 Å². The lowest BCUT2D eigenvalue weighted by molar-refractivity contribution is 0.765. The lowest BCUT2D eigenvalue weighted by Gasteiger charge is -2.28. The second kappa shape index (κ2) is 8.29. The van der Waals surface area contributed by atoms with Crippen LogP contribution in [0.5, 0.6) is 0 Å². The number of nitrogens with zero attached hydrogens (tertiary/aromatic N) is 2. The molecule has 4 aromatic rings. The number of aromatic nitrogens is 1. The highest BCUT2D eigenvalue weighted by Crippen LogP contribution is 2.37. The Morgan fingerprint density at radius 3 is 2.25 bits per heavy atom. The monoisotopic (exact) mass is 448 g/mol. The molecule has 0 fully saturated rings. The van der Waals surface area contributed by atoms with Crippen molar-refractivity contribution in [2.75, 3.05) is 11.4 Å². The van der Waals surface area contributed by atoms with E-state index in [1.165, 1.54) is 34.4 Å². The molecule has 5 rings (SSSR count). The van der Waals surface area contributed by atoms with Gasteiger partial charge >= 0.3 is 0 Å². The van der Waals surface area contributed by atoms with E-state index in [2.05, 4.69) is 83.1 Å². The quantitative estimate of drug-likeness (QED) is 0.331. The molecular formula is C24H21BrN2S. The van der Waals surface area contributed by atoms with E-state index in [4.69, 9.17) is 4.98 Å². The smallest absolute Gasteiger partial charge is 0.190 e. The van der Waals surface area contributed by atoms with Crippen LogP contribution in [-0.2, 0) is 6.42 Å². The molecule has 28 heavy (non-hydrogen) atoms. The fraction of sp³-hybridized carbons (Fsp3) is 0.125. The van der Waals surface area contributed by atoms with E-state index in [9.17, 15) is 0 Å². The van der Waals surface area contributed by atoms with Crippen LogP contribution in [-0.4, -0.2) is 11.5 Å². The van der Waals surface area contributed by atoms with Gasteiger partial charge in [0.1, 0.15) is 0 Å². The summed E-state index contributed by atoms with van der Waals surface area (Å²) < 4.78 is 0. The number of para-hydroxylation sites is 1. The summed E-state index contributed by atoms with van der Waals surface area (Å²) in [7, 11) is 0. The summed E-state index contributed by atoms with van der Waals surface area (Å²) in [5, 5.41) is 3.26. The van der Waals surface area contributed by atoms with E-state index in [1.54, 1.807) is 11.3 Å². The fourth-order valence-corrected chi connectivity index (χ4v) is 4.59. The van der Waals surface area contributed by atoms with Gasteiger partial charge in [-0.2, -0.15) is 0 Å². The van der Waals surface area contributed by atoms with Gasteiger partial charge in [-0.05, 0) is 35.6 Å². The molecule has 1 aliphatic heterocycles. The maximum atomic E-state index is 4.95. The Morgan fingerprint density at radius 2 is 1.43 bits per heavy atom. The zero-order chi connectivity index (χ0) is 18.1. The van der Waals surface area contributed by atoms with Crippen molar-refractivity contribution in [1.29, 1.82) is 0 Å². The van der Waals surface area contributed by atoms with Crippen LogP contribution in [0.15, 0.2) is 84.2 Å². The second-order valence-corrected chi connectivity index (χ2v) is 7.68. The number of fused-ring (bicyclic) bond motifs is 1. The number of thiazole rings is 1. The van der Waals surface area contributed by atoms with Gasteiger partial charge < -0.3 is 4.90 Å². The summed E-state index contributed by atoms with van der Waals surface area (Å²) in [5.74, 6) is 0. The summed E-state index contributed by atoms with van der Waals surface area (Å²) in [6.45, 7) is 1.04. The van der Waals surface area contributed by atoms with Crippen molar-refractivity contribution in [2.45, 2.75) is 12.8 Å². The predicted molar refractivity (Wildman–Crippen MR) is 125 cm³/mol. The third-order valence-electron chi connectivity index (χ3n) is 5.12. The standard InChI is InChI=1S/C24H20N2S.BrH/c1-2-7-18(8-3-1)19-12-14-20(15-13-19)22-17-27-24(25-22)26-16-6-10-21-9-4-5-11-23(21)26;/h1-5,7-9,11-15,17H,6,10,16H2;1H. The van der Waals surface area contributed by atoms with Gasteiger partial charge in [-0.25, -0.2) is 4.98 Å². The van der Waals surface area contributed by atoms with Crippen LogP contribution in [0.1, 0.15) is 12.0 Å². The van der Waals surface area contributed by atoms with Crippen molar-refractivity contribution in [3.63, 3.8) is 0 Å². The summed E-state index contributed by atoms with van der Waals surface area (Å²) in [6, 6.07) is 27.9. The molecule has 0 aliphatic carbocycles. The lowest BCUT2D eigenvalue weighted by Crippen LogP contribution is -2.24.